The lowest BCUT2D eigenvalue weighted by Gasteiger charge is -2.17. The standard InChI is InChI=1S/C23H22N6O3S/c1-14-8-9-17-18(12-24)22(33-20(17)10-14)25-21(30)13-32-23(31)19(29-15(2)26-27-28-29)11-16-6-4-3-5-7-16/h3-7,11,14H,8-10,13H2,1-2H3,(H,25,30)/b19-11-/t14-/m0/s1. The van der Waals surface area contributed by atoms with Crippen LogP contribution < -0.4 is 5.32 Å². The van der Waals surface area contributed by atoms with Crippen molar-refractivity contribution in [1.82, 2.24) is 20.2 Å². The molecule has 1 aliphatic carbocycles. The molecule has 33 heavy (non-hydrogen) atoms. The molecule has 0 aliphatic heterocycles. The molecule has 0 saturated carbocycles. The summed E-state index contributed by atoms with van der Waals surface area (Å²) in [4.78, 5) is 26.5. The summed E-state index contributed by atoms with van der Waals surface area (Å²) in [6.45, 7) is 3.33. The second-order valence-electron chi connectivity index (χ2n) is 7.87. The fourth-order valence-corrected chi connectivity index (χ4v) is 5.07. The van der Waals surface area contributed by atoms with Crippen LogP contribution in [0, 0.1) is 24.2 Å². The number of fused-ring (bicyclic) bond motifs is 1. The van der Waals surface area contributed by atoms with E-state index in [-0.39, 0.29) is 5.70 Å². The Morgan fingerprint density at radius 2 is 2.15 bits per heavy atom. The fraction of sp³-hybridized carbons (Fsp3) is 0.304. The summed E-state index contributed by atoms with van der Waals surface area (Å²) in [5.41, 5.74) is 2.36. The molecule has 0 fully saturated rings. The number of nitrogens with zero attached hydrogens (tertiary/aromatic N) is 5. The van der Waals surface area contributed by atoms with Crippen LogP contribution in [0.3, 0.4) is 0 Å². The number of tetrazole rings is 1. The highest BCUT2D eigenvalue weighted by Gasteiger charge is 2.25. The van der Waals surface area contributed by atoms with Crippen LogP contribution in [0.5, 0.6) is 0 Å². The fourth-order valence-electron chi connectivity index (χ4n) is 3.69. The Labute approximate surface area is 194 Å². The quantitative estimate of drug-likeness (QED) is 0.441. The Morgan fingerprint density at radius 1 is 1.36 bits per heavy atom. The van der Waals surface area contributed by atoms with Gasteiger partial charge in [0.15, 0.2) is 18.1 Å². The highest BCUT2D eigenvalue weighted by molar-refractivity contribution is 7.16. The number of aryl methyl sites for hydroxylation is 1. The highest BCUT2D eigenvalue weighted by atomic mass is 32.1. The molecule has 0 radical (unpaired) electrons. The Bertz CT molecular complexity index is 1250. The van der Waals surface area contributed by atoms with E-state index in [4.69, 9.17) is 4.74 Å². The molecule has 3 aromatic rings. The maximum atomic E-state index is 12.8. The minimum atomic E-state index is -0.746. The number of anilines is 1. The van der Waals surface area contributed by atoms with Crippen molar-refractivity contribution in [3.63, 3.8) is 0 Å². The number of nitriles is 1. The third-order valence-electron chi connectivity index (χ3n) is 5.38. The molecule has 2 aromatic heterocycles. The van der Waals surface area contributed by atoms with Crippen molar-refractivity contribution in [3.05, 3.63) is 57.7 Å². The Kier molecular flexibility index (Phi) is 6.60. The van der Waals surface area contributed by atoms with Gasteiger partial charge in [-0.2, -0.15) is 9.94 Å². The van der Waals surface area contributed by atoms with E-state index in [0.29, 0.717) is 22.3 Å². The maximum absolute atomic E-state index is 12.8. The number of benzene rings is 1. The van der Waals surface area contributed by atoms with Gasteiger partial charge in [-0.3, -0.25) is 4.79 Å². The molecule has 1 atom stereocenters. The number of aromatic nitrogens is 4. The number of rotatable bonds is 6. The van der Waals surface area contributed by atoms with Crippen molar-refractivity contribution in [2.45, 2.75) is 33.1 Å². The van der Waals surface area contributed by atoms with Gasteiger partial charge in [-0.1, -0.05) is 37.3 Å². The van der Waals surface area contributed by atoms with Crippen molar-refractivity contribution in [1.29, 1.82) is 5.26 Å². The van der Waals surface area contributed by atoms with Gasteiger partial charge in [0.2, 0.25) is 0 Å². The predicted octanol–water partition coefficient (Wildman–Crippen LogP) is 3.22. The molecule has 1 amide bonds. The summed E-state index contributed by atoms with van der Waals surface area (Å²) in [5, 5.41) is 24.1. The van der Waals surface area contributed by atoms with E-state index in [1.54, 1.807) is 13.0 Å². The Balaban J connectivity index is 1.47. The lowest BCUT2D eigenvalue weighted by Crippen LogP contribution is -2.23. The predicted molar refractivity (Wildman–Crippen MR) is 123 cm³/mol. The summed E-state index contributed by atoms with van der Waals surface area (Å²) < 4.78 is 6.53. The summed E-state index contributed by atoms with van der Waals surface area (Å²) in [5.74, 6) is -0.310. The van der Waals surface area contributed by atoms with E-state index in [2.05, 4.69) is 33.8 Å². The van der Waals surface area contributed by atoms with Crippen LogP contribution in [-0.2, 0) is 27.2 Å². The van der Waals surface area contributed by atoms with Crippen molar-refractivity contribution in [2.24, 2.45) is 5.92 Å². The minimum absolute atomic E-state index is 0.0785. The zero-order valence-corrected chi connectivity index (χ0v) is 19.1. The number of carbonyl (C=O) groups is 2. The molecular formula is C23H22N6O3S. The number of nitrogens with one attached hydrogen (secondary N) is 1. The summed E-state index contributed by atoms with van der Waals surface area (Å²) in [7, 11) is 0. The largest absolute Gasteiger partial charge is 0.451 e. The number of amides is 1. The number of carbonyl (C=O) groups excluding carboxylic acids is 2. The molecule has 1 aromatic carbocycles. The van der Waals surface area contributed by atoms with Gasteiger partial charge in [0.05, 0.1) is 5.56 Å². The van der Waals surface area contributed by atoms with E-state index in [1.807, 2.05) is 30.3 Å². The molecule has 0 bridgehead atoms. The van der Waals surface area contributed by atoms with Crippen LogP contribution in [0.1, 0.15) is 40.7 Å². The molecule has 168 valence electrons. The first-order valence-corrected chi connectivity index (χ1v) is 11.3. The minimum Gasteiger partial charge on any atom is -0.451 e. The second-order valence-corrected chi connectivity index (χ2v) is 8.98. The molecule has 1 aliphatic rings. The van der Waals surface area contributed by atoms with Crippen molar-refractivity contribution in [3.8, 4) is 6.07 Å². The zero-order valence-electron chi connectivity index (χ0n) is 18.2. The molecular weight excluding hydrogens is 440 g/mol. The van der Waals surface area contributed by atoms with Gasteiger partial charge in [-0.05, 0) is 59.7 Å². The van der Waals surface area contributed by atoms with E-state index >= 15 is 0 Å². The van der Waals surface area contributed by atoms with Crippen LogP contribution in [-0.4, -0.2) is 38.7 Å². The van der Waals surface area contributed by atoms with Crippen molar-refractivity contribution >= 4 is 40.0 Å². The first kappa shape index (κ1) is 22.4. The van der Waals surface area contributed by atoms with E-state index in [0.717, 1.165) is 35.3 Å². The van der Waals surface area contributed by atoms with Crippen LogP contribution in [0.4, 0.5) is 5.00 Å². The van der Waals surface area contributed by atoms with E-state index in [9.17, 15) is 14.9 Å². The average molecular weight is 463 g/mol. The lowest BCUT2D eigenvalue weighted by atomic mass is 9.89. The van der Waals surface area contributed by atoms with Crippen LogP contribution in [0.25, 0.3) is 11.8 Å². The first-order valence-electron chi connectivity index (χ1n) is 10.5. The van der Waals surface area contributed by atoms with Gasteiger partial charge in [0.1, 0.15) is 11.1 Å². The molecule has 1 N–H and O–H groups in total. The van der Waals surface area contributed by atoms with Gasteiger partial charge >= 0.3 is 5.97 Å². The molecule has 4 rings (SSSR count). The third kappa shape index (κ3) is 4.99. The number of esters is 1. The maximum Gasteiger partial charge on any atom is 0.357 e. The second kappa shape index (κ2) is 9.75. The SMILES string of the molecule is Cc1nnnn1/C(=C\c1ccccc1)C(=O)OCC(=O)Nc1sc2c(c1C#N)CC[C@H](C)C2. The highest BCUT2D eigenvalue weighted by Crippen LogP contribution is 2.39. The van der Waals surface area contributed by atoms with Crippen LogP contribution in [0.15, 0.2) is 30.3 Å². The molecule has 2 heterocycles. The van der Waals surface area contributed by atoms with Gasteiger partial charge < -0.3 is 10.1 Å². The molecule has 0 spiro atoms. The van der Waals surface area contributed by atoms with Gasteiger partial charge in [-0.25, -0.2) is 4.79 Å². The molecule has 9 nitrogen and oxygen atoms in total. The molecule has 0 saturated heterocycles. The van der Waals surface area contributed by atoms with Crippen molar-refractivity contribution in [2.75, 3.05) is 11.9 Å². The number of hydrogen-bond acceptors (Lipinski definition) is 8. The average Bonchev–Trinajstić information content (AvgIpc) is 3.38. The smallest absolute Gasteiger partial charge is 0.357 e. The molecule has 0 unspecified atom stereocenters. The summed E-state index contributed by atoms with van der Waals surface area (Å²) in [6.07, 6.45) is 4.35. The normalized spacial score (nSPS) is 15.4. The van der Waals surface area contributed by atoms with E-state index < -0.39 is 18.5 Å². The molecule has 10 heteroatoms. The zero-order chi connectivity index (χ0) is 23.4. The summed E-state index contributed by atoms with van der Waals surface area (Å²) in [6, 6.07) is 11.4. The van der Waals surface area contributed by atoms with Crippen molar-refractivity contribution < 1.29 is 14.3 Å². The van der Waals surface area contributed by atoms with Crippen LogP contribution in [0.2, 0.25) is 0 Å². The van der Waals surface area contributed by atoms with Crippen LogP contribution >= 0.6 is 11.3 Å². The van der Waals surface area contributed by atoms with Gasteiger partial charge in [0.25, 0.3) is 5.91 Å². The van der Waals surface area contributed by atoms with Gasteiger partial charge in [-0.15, -0.1) is 16.4 Å². The Hall–Kier alpha value is -3.84. The van der Waals surface area contributed by atoms with Gasteiger partial charge in [0, 0.05) is 4.88 Å². The van der Waals surface area contributed by atoms with E-state index in [1.165, 1.54) is 16.0 Å². The lowest BCUT2D eigenvalue weighted by molar-refractivity contribution is -0.141. The first-order chi connectivity index (χ1) is 16.0. The Morgan fingerprint density at radius 3 is 2.85 bits per heavy atom. The number of thiophene rings is 1. The summed E-state index contributed by atoms with van der Waals surface area (Å²) >= 11 is 1.42. The topological polar surface area (TPSA) is 123 Å². The third-order valence-corrected chi connectivity index (χ3v) is 6.55. The number of hydrogen-bond donors (Lipinski definition) is 1. The number of ether oxygens (including phenoxy) is 1. The monoisotopic (exact) mass is 462 g/mol.